The predicted molar refractivity (Wildman–Crippen MR) is 107 cm³/mol. The molecule has 0 spiro atoms. The number of nitrogens with one attached hydrogen (secondary N) is 1. The Morgan fingerprint density at radius 3 is 2.08 bits per heavy atom. The second-order valence-corrected chi connectivity index (χ2v) is 6.14. The van der Waals surface area contributed by atoms with Crippen LogP contribution < -0.4 is 14.8 Å². The average molecular weight is 347 g/mol. The predicted octanol–water partition coefficient (Wildman–Crippen LogP) is 5.54. The standard InChI is InChI=1S/C23H25NO2/c1-2-21(26-23-11-7-4-8-12-23)17-24-20-13-15-22(16-14-20)25-18-19-9-5-3-6-10-19/h3-16,21,24H,2,17-18H2,1H3. The molecule has 0 heterocycles. The van der Waals surface area contributed by atoms with Gasteiger partial charge in [-0.3, -0.25) is 0 Å². The molecule has 0 saturated heterocycles. The normalized spacial score (nSPS) is 11.6. The van der Waals surface area contributed by atoms with Crippen LogP contribution in [0.2, 0.25) is 0 Å². The van der Waals surface area contributed by atoms with E-state index in [4.69, 9.17) is 9.47 Å². The molecule has 3 heteroatoms. The molecule has 3 aromatic rings. The zero-order valence-electron chi connectivity index (χ0n) is 15.1. The highest BCUT2D eigenvalue weighted by Gasteiger charge is 2.08. The molecule has 0 amide bonds. The second-order valence-electron chi connectivity index (χ2n) is 6.14. The molecule has 0 aliphatic heterocycles. The van der Waals surface area contributed by atoms with Crippen molar-refractivity contribution in [2.45, 2.75) is 26.1 Å². The van der Waals surface area contributed by atoms with E-state index in [2.05, 4.69) is 24.4 Å². The maximum Gasteiger partial charge on any atom is 0.119 e. The lowest BCUT2D eigenvalue weighted by Crippen LogP contribution is -2.25. The number of anilines is 1. The molecule has 0 bridgehead atoms. The van der Waals surface area contributed by atoms with Gasteiger partial charge >= 0.3 is 0 Å². The van der Waals surface area contributed by atoms with Gasteiger partial charge in [0.2, 0.25) is 0 Å². The lowest BCUT2D eigenvalue weighted by molar-refractivity contribution is 0.210. The molecule has 0 radical (unpaired) electrons. The van der Waals surface area contributed by atoms with Crippen molar-refractivity contribution in [3.8, 4) is 11.5 Å². The van der Waals surface area contributed by atoms with Crippen molar-refractivity contribution in [2.75, 3.05) is 11.9 Å². The van der Waals surface area contributed by atoms with E-state index in [1.807, 2.05) is 72.8 Å². The molecule has 134 valence electrons. The van der Waals surface area contributed by atoms with Crippen LogP contribution in [0.5, 0.6) is 11.5 Å². The lowest BCUT2D eigenvalue weighted by atomic mass is 10.2. The Morgan fingerprint density at radius 2 is 1.42 bits per heavy atom. The van der Waals surface area contributed by atoms with Gasteiger partial charge in [0.25, 0.3) is 0 Å². The van der Waals surface area contributed by atoms with E-state index in [-0.39, 0.29) is 6.10 Å². The van der Waals surface area contributed by atoms with E-state index < -0.39 is 0 Å². The van der Waals surface area contributed by atoms with E-state index in [1.165, 1.54) is 5.56 Å². The van der Waals surface area contributed by atoms with Crippen LogP contribution in [-0.4, -0.2) is 12.6 Å². The van der Waals surface area contributed by atoms with E-state index >= 15 is 0 Å². The number of rotatable bonds is 9. The molecule has 0 saturated carbocycles. The van der Waals surface area contributed by atoms with Gasteiger partial charge in [-0.15, -0.1) is 0 Å². The summed E-state index contributed by atoms with van der Waals surface area (Å²) in [5.41, 5.74) is 2.23. The van der Waals surface area contributed by atoms with Crippen molar-refractivity contribution in [1.82, 2.24) is 0 Å². The summed E-state index contributed by atoms with van der Waals surface area (Å²) in [4.78, 5) is 0. The molecular weight excluding hydrogens is 322 g/mol. The Bertz CT molecular complexity index is 757. The molecular formula is C23H25NO2. The van der Waals surface area contributed by atoms with Crippen LogP contribution >= 0.6 is 0 Å². The summed E-state index contributed by atoms with van der Waals surface area (Å²) in [6.45, 7) is 3.47. The Morgan fingerprint density at radius 1 is 0.769 bits per heavy atom. The zero-order chi connectivity index (χ0) is 18.0. The molecule has 0 aliphatic carbocycles. The molecule has 0 aliphatic rings. The molecule has 0 fully saturated rings. The highest BCUT2D eigenvalue weighted by atomic mass is 16.5. The minimum Gasteiger partial charge on any atom is -0.489 e. The third kappa shape index (κ3) is 5.55. The molecule has 26 heavy (non-hydrogen) atoms. The largest absolute Gasteiger partial charge is 0.489 e. The van der Waals surface area contributed by atoms with Gasteiger partial charge in [0.1, 0.15) is 24.2 Å². The Hall–Kier alpha value is -2.94. The second kappa shape index (κ2) is 9.52. The van der Waals surface area contributed by atoms with E-state index in [0.29, 0.717) is 6.61 Å². The third-order valence-corrected chi connectivity index (χ3v) is 4.14. The fourth-order valence-electron chi connectivity index (χ4n) is 2.60. The Balaban J connectivity index is 1.47. The summed E-state index contributed by atoms with van der Waals surface area (Å²) in [6.07, 6.45) is 1.08. The summed E-state index contributed by atoms with van der Waals surface area (Å²) in [6, 6.07) is 28.2. The minimum absolute atomic E-state index is 0.131. The van der Waals surface area contributed by atoms with Gasteiger partial charge in [-0.25, -0.2) is 0 Å². The van der Waals surface area contributed by atoms with Crippen LogP contribution in [0.25, 0.3) is 0 Å². The van der Waals surface area contributed by atoms with Crippen molar-refractivity contribution in [2.24, 2.45) is 0 Å². The number of ether oxygens (including phenoxy) is 2. The monoisotopic (exact) mass is 347 g/mol. The zero-order valence-corrected chi connectivity index (χ0v) is 15.1. The molecule has 3 rings (SSSR count). The maximum absolute atomic E-state index is 6.01. The molecule has 3 nitrogen and oxygen atoms in total. The van der Waals surface area contributed by atoms with Crippen LogP contribution in [0.15, 0.2) is 84.9 Å². The van der Waals surface area contributed by atoms with Gasteiger partial charge in [-0.1, -0.05) is 55.5 Å². The maximum atomic E-state index is 6.01. The topological polar surface area (TPSA) is 30.5 Å². The van der Waals surface area contributed by atoms with Gasteiger partial charge in [-0.2, -0.15) is 0 Å². The Labute approximate surface area is 155 Å². The van der Waals surface area contributed by atoms with Gasteiger partial charge < -0.3 is 14.8 Å². The third-order valence-electron chi connectivity index (χ3n) is 4.14. The number of para-hydroxylation sites is 1. The molecule has 1 atom stereocenters. The first-order valence-electron chi connectivity index (χ1n) is 9.06. The van der Waals surface area contributed by atoms with Gasteiger partial charge in [0.15, 0.2) is 0 Å². The fraction of sp³-hybridized carbons (Fsp3) is 0.217. The number of hydrogen-bond acceptors (Lipinski definition) is 3. The first-order chi connectivity index (χ1) is 12.8. The highest BCUT2D eigenvalue weighted by Crippen LogP contribution is 2.18. The van der Waals surface area contributed by atoms with Crippen molar-refractivity contribution in [3.05, 3.63) is 90.5 Å². The first-order valence-corrected chi connectivity index (χ1v) is 9.06. The molecule has 1 unspecified atom stereocenters. The summed E-state index contributed by atoms with van der Waals surface area (Å²) < 4.78 is 11.8. The van der Waals surface area contributed by atoms with Crippen molar-refractivity contribution >= 4 is 5.69 Å². The van der Waals surface area contributed by atoms with Crippen LogP contribution in [0, 0.1) is 0 Å². The minimum atomic E-state index is 0.131. The number of benzene rings is 3. The van der Waals surface area contributed by atoms with Crippen LogP contribution in [-0.2, 0) is 6.61 Å². The average Bonchev–Trinajstić information content (AvgIpc) is 2.72. The SMILES string of the molecule is CCC(CNc1ccc(OCc2ccccc2)cc1)Oc1ccccc1. The van der Waals surface area contributed by atoms with Crippen LogP contribution in [0.4, 0.5) is 5.69 Å². The van der Waals surface area contributed by atoms with E-state index in [1.54, 1.807) is 0 Å². The quantitative estimate of drug-likeness (QED) is 0.551. The summed E-state index contributed by atoms with van der Waals surface area (Å²) in [7, 11) is 0. The highest BCUT2D eigenvalue weighted by molar-refractivity contribution is 5.46. The van der Waals surface area contributed by atoms with E-state index in [9.17, 15) is 0 Å². The van der Waals surface area contributed by atoms with E-state index in [0.717, 1.165) is 30.2 Å². The summed E-state index contributed by atoms with van der Waals surface area (Å²) in [5, 5.41) is 3.44. The summed E-state index contributed by atoms with van der Waals surface area (Å²) >= 11 is 0. The van der Waals surface area contributed by atoms with Gasteiger partial charge in [0, 0.05) is 5.69 Å². The molecule has 3 aromatic carbocycles. The fourth-order valence-corrected chi connectivity index (χ4v) is 2.60. The first kappa shape index (κ1) is 17.9. The van der Waals surface area contributed by atoms with Crippen LogP contribution in [0.1, 0.15) is 18.9 Å². The van der Waals surface area contributed by atoms with Crippen molar-refractivity contribution in [1.29, 1.82) is 0 Å². The van der Waals surface area contributed by atoms with Crippen molar-refractivity contribution in [3.63, 3.8) is 0 Å². The Kier molecular flexibility index (Phi) is 6.54. The van der Waals surface area contributed by atoms with Gasteiger partial charge in [-0.05, 0) is 48.4 Å². The molecule has 1 N–H and O–H groups in total. The molecule has 0 aromatic heterocycles. The lowest BCUT2D eigenvalue weighted by Gasteiger charge is -2.19. The van der Waals surface area contributed by atoms with Crippen molar-refractivity contribution < 1.29 is 9.47 Å². The number of hydrogen-bond donors (Lipinski definition) is 1. The van der Waals surface area contributed by atoms with Crippen LogP contribution in [0.3, 0.4) is 0 Å². The summed E-state index contributed by atoms with van der Waals surface area (Å²) in [5.74, 6) is 1.78. The smallest absolute Gasteiger partial charge is 0.119 e. The van der Waals surface area contributed by atoms with Gasteiger partial charge in [0.05, 0.1) is 6.54 Å².